The molecule has 0 aliphatic heterocycles. The summed E-state index contributed by atoms with van der Waals surface area (Å²) in [5.41, 5.74) is 2.09. The molecule has 1 aliphatic rings. The van der Waals surface area contributed by atoms with Crippen LogP contribution in [0.2, 0.25) is 0 Å². The van der Waals surface area contributed by atoms with Crippen molar-refractivity contribution in [2.45, 2.75) is 19.0 Å². The summed E-state index contributed by atoms with van der Waals surface area (Å²) in [6.07, 6.45) is 0.896. The van der Waals surface area contributed by atoms with Gasteiger partial charge in [-0.15, -0.1) is 0 Å². The minimum atomic E-state index is -0.698. The Bertz CT molecular complexity index is 242. The Balaban J connectivity index is 2.51. The zero-order valence-corrected chi connectivity index (χ0v) is 5.68. The third-order valence-corrected chi connectivity index (χ3v) is 2.06. The number of hydrogen-bond acceptors (Lipinski definition) is 0. The summed E-state index contributed by atoms with van der Waals surface area (Å²) in [5, 5.41) is 0. The van der Waals surface area contributed by atoms with Crippen LogP contribution in [0.1, 0.15) is 23.7 Å². The van der Waals surface area contributed by atoms with E-state index in [2.05, 4.69) is 0 Å². The Kier molecular flexibility index (Phi) is 1.23. The maximum absolute atomic E-state index is 12.9. The van der Waals surface area contributed by atoms with Gasteiger partial charge >= 0.3 is 0 Å². The first-order chi connectivity index (χ1) is 4.88. The molecule has 0 bridgehead atoms. The Labute approximate surface area is 59.7 Å². The predicted molar refractivity (Wildman–Crippen MR) is 38.6 cm³/mol. The summed E-state index contributed by atoms with van der Waals surface area (Å²) in [7, 11) is 0. The molecule has 0 saturated heterocycles. The topological polar surface area (TPSA) is 0 Å². The second kappa shape index (κ2) is 2.08. The smallest absolute Gasteiger partial charge is 0.126 e. The van der Waals surface area contributed by atoms with Gasteiger partial charge in [-0.2, -0.15) is 0 Å². The molecule has 0 fully saturated rings. The first-order valence-electron chi connectivity index (χ1n) is 3.60. The van der Waals surface area contributed by atoms with Gasteiger partial charge in [0.1, 0.15) is 6.17 Å². The van der Waals surface area contributed by atoms with Crippen LogP contribution < -0.4 is 0 Å². The molecular weight excluding hydrogens is 127 g/mol. The van der Waals surface area contributed by atoms with E-state index in [1.54, 1.807) is 0 Å². The molecule has 1 heteroatoms. The Morgan fingerprint density at radius 1 is 1.30 bits per heavy atom. The van der Waals surface area contributed by atoms with E-state index in [0.29, 0.717) is 6.42 Å². The fourth-order valence-corrected chi connectivity index (χ4v) is 1.51. The summed E-state index contributed by atoms with van der Waals surface area (Å²) in [6, 6.07) is 7.76. The maximum atomic E-state index is 12.9. The number of rotatable bonds is 0. The number of aryl methyl sites for hydroxylation is 1. The van der Waals surface area contributed by atoms with Crippen LogP contribution in [0.4, 0.5) is 4.39 Å². The number of hydrogen-bond donors (Lipinski definition) is 0. The SMILES string of the molecule is F[C@H]1CCc2ccccc21. The fourth-order valence-electron chi connectivity index (χ4n) is 1.51. The van der Waals surface area contributed by atoms with E-state index in [1.165, 1.54) is 5.56 Å². The molecular formula is C9H9F. The van der Waals surface area contributed by atoms with Gasteiger partial charge in [-0.1, -0.05) is 24.3 Å². The second-order valence-electron chi connectivity index (χ2n) is 2.71. The largest absolute Gasteiger partial charge is 0.242 e. The van der Waals surface area contributed by atoms with Crippen molar-refractivity contribution in [1.82, 2.24) is 0 Å². The van der Waals surface area contributed by atoms with Crippen molar-refractivity contribution >= 4 is 0 Å². The van der Waals surface area contributed by atoms with Gasteiger partial charge in [0.25, 0.3) is 0 Å². The Hall–Kier alpha value is -0.850. The molecule has 1 atom stereocenters. The summed E-state index contributed by atoms with van der Waals surface area (Å²) < 4.78 is 12.9. The molecule has 0 nitrogen and oxygen atoms in total. The zero-order valence-electron chi connectivity index (χ0n) is 5.68. The highest BCUT2D eigenvalue weighted by atomic mass is 19.1. The lowest BCUT2D eigenvalue weighted by molar-refractivity contribution is 0.344. The molecule has 0 unspecified atom stereocenters. The van der Waals surface area contributed by atoms with Crippen molar-refractivity contribution in [1.29, 1.82) is 0 Å². The molecule has 1 aliphatic carbocycles. The highest BCUT2D eigenvalue weighted by Gasteiger charge is 2.20. The van der Waals surface area contributed by atoms with Gasteiger partial charge in [-0.3, -0.25) is 0 Å². The summed E-state index contributed by atoms with van der Waals surface area (Å²) in [5.74, 6) is 0. The summed E-state index contributed by atoms with van der Waals surface area (Å²) >= 11 is 0. The second-order valence-corrected chi connectivity index (χ2v) is 2.71. The lowest BCUT2D eigenvalue weighted by Crippen LogP contribution is -1.81. The van der Waals surface area contributed by atoms with Gasteiger partial charge in [-0.05, 0) is 24.0 Å². The number of halogens is 1. The molecule has 1 aromatic carbocycles. The molecule has 0 saturated carbocycles. The average molecular weight is 136 g/mol. The predicted octanol–water partition coefficient (Wildman–Crippen LogP) is 2.64. The van der Waals surface area contributed by atoms with Crippen molar-refractivity contribution in [3.63, 3.8) is 0 Å². The molecule has 52 valence electrons. The Morgan fingerprint density at radius 3 is 2.90 bits per heavy atom. The standard InChI is InChI=1S/C9H9F/c10-9-6-5-7-3-1-2-4-8(7)9/h1-4,9H,5-6H2/t9-/m0/s1. The highest BCUT2D eigenvalue weighted by Crippen LogP contribution is 2.33. The first-order valence-corrected chi connectivity index (χ1v) is 3.60. The maximum Gasteiger partial charge on any atom is 0.126 e. The van der Waals surface area contributed by atoms with E-state index in [9.17, 15) is 4.39 Å². The van der Waals surface area contributed by atoms with Crippen LogP contribution in [0.3, 0.4) is 0 Å². The minimum Gasteiger partial charge on any atom is -0.242 e. The van der Waals surface area contributed by atoms with E-state index in [4.69, 9.17) is 0 Å². The van der Waals surface area contributed by atoms with Crippen LogP contribution in [-0.2, 0) is 6.42 Å². The van der Waals surface area contributed by atoms with E-state index < -0.39 is 6.17 Å². The van der Waals surface area contributed by atoms with Crippen molar-refractivity contribution in [3.05, 3.63) is 35.4 Å². The van der Waals surface area contributed by atoms with Crippen LogP contribution in [0.25, 0.3) is 0 Å². The molecule has 0 aromatic heterocycles. The number of alkyl halides is 1. The van der Waals surface area contributed by atoms with Crippen molar-refractivity contribution < 1.29 is 4.39 Å². The van der Waals surface area contributed by atoms with Gasteiger partial charge in [-0.25, -0.2) is 4.39 Å². The molecule has 1 aromatic rings. The summed E-state index contributed by atoms with van der Waals surface area (Å²) in [6.45, 7) is 0. The molecule has 0 heterocycles. The molecule has 10 heavy (non-hydrogen) atoms. The van der Waals surface area contributed by atoms with Gasteiger partial charge in [0.2, 0.25) is 0 Å². The number of benzene rings is 1. The highest BCUT2D eigenvalue weighted by molar-refractivity contribution is 5.32. The first kappa shape index (κ1) is 5.90. The lowest BCUT2D eigenvalue weighted by atomic mass is 10.1. The van der Waals surface area contributed by atoms with Crippen molar-refractivity contribution in [2.75, 3.05) is 0 Å². The molecule has 0 radical (unpaired) electrons. The fraction of sp³-hybridized carbons (Fsp3) is 0.333. The zero-order chi connectivity index (χ0) is 6.97. The molecule has 0 amide bonds. The van der Waals surface area contributed by atoms with E-state index >= 15 is 0 Å². The van der Waals surface area contributed by atoms with Crippen LogP contribution >= 0.6 is 0 Å². The summed E-state index contributed by atoms with van der Waals surface area (Å²) in [4.78, 5) is 0. The van der Waals surface area contributed by atoms with Gasteiger partial charge in [0.15, 0.2) is 0 Å². The van der Waals surface area contributed by atoms with Crippen LogP contribution in [0, 0.1) is 0 Å². The normalized spacial score (nSPS) is 22.7. The minimum absolute atomic E-state index is 0.680. The van der Waals surface area contributed by atoms with E-state index in [0.717, 1.165) is 12.0 Å². The van der Waals surface area contributed by atoms with Crippen LogP contribution in [-0.4, -0.2) is 0 Å². The quantitative estimate of drug-likeness (QED) is 0.514. The van der Waals surface area contributed by atoms with Gasteiger partial charge < -0.3 is 0 Å². The van der Waals surface area contributed by atoms with Crippen molar-refractivity contribution in [3.8, 4) is 0 Å². The average Bonchev–Trinajstić information content (AvgIpc) is 2.34. The third kappa shape index (κ3) is 0.737. The van der Waals surface area contributed by atoms with Gasteiger partial charge in [0.05, 0.1) is 0 Å². The van der Waals surface area contributed by atoms with E-state index in [1.807, 2.05) is 24.3 Å². The molecule has 0 N–H and O–H groups in total. The molecule has 0 spiro atoms. The van der Waals surface area contributed by atoms with E-state index in [-0.39, 0.29) is 0 Å². The Morgan fingerprint density at radius 2 is 2.10 bits per heavy atom. The van der Waals surface area contributed by atoms with Gasteiger partial charge in [0, 0.05) is 0 Å². The third-order valence-electron chi connectivity index (χ3n) is 2.06. The molecule has 2 rings (SSSR count). The number of fused-ring (bicyclic) bond motifs is 1. The van der Waals surface area contributed by atoms with Crippen molar-refractivity contribution in [2.24, 2.45) is 0 Å². The van der Waals surface area contributed by atoms with Crippen LogP contribution in [0.5, 0.6) is 0 Å². The monoisotopic (exact) mass is 136 g/mol. The van der Waals surface area contributed by atoms with Crippen LogP contribution in [0.15, 0.2) is 24.3 Å². The lowest BCUT2D eigenvalue weighted by Gasteiger charge is -1.97.